The smallest absolute Gasteiger partial charge is 0.341 e. The fourth-order valence-corrected chi connectivity index (χ4v) is 2.73. The fraction of sp³-hybridized carbons (Fsp3) is 0.222. The number of ether oxygens (including phenoxy) is 1. The summed E-state index contributed by atoms with van der Waals surface area (Å²) >= 11 is 5.73. The van der Waals surface area contributed by atoms with Gasteiger partial charge in [0.05, 0.1) is 5.56 Å². The van der Waals surface area contributed by atoms with Crippen molar-refractivity contribution in [1.29, 1.82) is 0 Å². The number of esters is 1. The van der Waals surface area contributed by atoms with Gasteiger partial charge in [-0.2, -0.15) is 0 Å². The largest absolute Gasteiger partial charge is 0.454 e. The van der Waals surface area contributed by atoms with Crippen molar-refractivity contribution < 1.29 is 18.7 Å². The summed E-state index contributed by atoms with van der Waals surface area (Å²) in [7, 11) is 0. The number of carbonyl (C=O) groups excluding carboxylic acids is 2. The van der Waals surface area contributed by atoms with E-state index in [0.717, 1.165) is 22.8 Å². The number of hydrogen-bond donors (Lipinski definition) is 0. The predicted molar refractivity (Wildman–Crippen MR) is 86.7 cm³/mol. The fourth-order valence-electron chi connectivity index (χ4n) is 2.55. The van der Waals surface area contributed by atoms with E-state index in [2.05, 4.69) is 0 Å². The SMILES string of the molecule is Cc1cc(C)c(C(=O)COC(=O)c2cc(Cl)ccc2F)c(C)c1. The number of rotatable bonds is 4. The topological polar surface area (TPSA) is 43.4 Å². The summed E-state index contributed by atoms with van der Waals surface area (Å²) in [6.07, 6.45) is 0. The Morgan fingerprint density at radius 1 is 1.09 bits per heavy atom. The molecule has 0 heterocycles. The molecule has 0 saturated carbocycles. The van der Waals surface area contributed by atoms with Gasteiger partial charge in [0.25, 0.3) is 0 Å². The van der Waals surface area contributed by atoms with Gasteiger partial charge in [0.1, 0.15) is 5.82 Å². The maximum absolute atomic E-state index is 13.6. The molecule has 0 bridgehead atoms. The Bertz CT molecular complexity index is 761. The van der Waals surface area contributed by atoms with Crippen LogP contribution in [-0.4, -0.2) is 18.4 Å². The summed E-state index contributed by atoms with van der Waals surface area (Å²) in [5.74, 6) is -1.98. The minimum Gasteiger partial charge on any atom is -0.454 e. The molecule has 5 heteroatoms. The van der Waals surface area contributed by atoms with E-state index in [1.807, 2.05) is 32.9 Å². The Balaban J connectivity index is 2.13. The quantitative estimate of drug-likeness (QED) is 0.613. The molecule has 0 atom stereocenters. The van der Waals surface area contributed by atoms with Gasteiger partial charge in [-0.05, 0) is 50.1 Å². The van der Waals surface area contributed by atoms with Crippen LogP contribution in [0.5, 0.6) is 0 Å². The van der Waals surface area contributed by atoms with Crippen molar-refractivity contribution in [3.05, 3.63) is 69.0 Å². The predicted octanol–water partition coefficient (Wildman–Crippen LogP) is 4.44. The van der Waals surface area contributed by atoms with E-state index in [1.54, 1.807) is 0 Å². The molecular weight excluding hydrogens is 319 g/mol. The van der Waals surface area contributed by atoms with Crippen LogP contribution < -0.4 is 0 Å². The molecule has 2 aromatic rings. The van der Waals surface area contributed by atoms with Crippen LogP contribution in [0.1, 0.15) is 37.4 Å². The summed E-state index contributed by atoms with van der Waals surface area (Å²) in [5, 5.41) is 0.218. The molecular formula is C18H16ClFO3. The highest BCUT2D eigenvalue weighted by atomic mass is 35.5. The maximum Gasteiger partial charge on any atom is 0.341 e. The molecule has 0 saturated heterocycles. The number of Topliss-reactive ketones (excluding diaryl/α,β-unsaturated/α-hetero) is 1. The molecule has 0 radical (unpaired) electrons. The molecule has 0 amide bonds. The highest BCUT2D eigenvalue weighted by Crippen LogP contribution is 2.18. The molecule has 0 aliphatic carbocycles. The second kappa shape index (κ2) is 6.92. The van der Waals surface area contributed by atoms with Crippen molar-refractivity contribution in [2.75, 3.05) is 6.61 Å². The summed E-state index contributed by atoms with van der Waals surface area (Å²) in [4.78, 5) is 24.2. The van der Waals surface area contributed by atoms with Crippen LogP contribution in [0.25, 0.3) is 0 Å². The number of benzene rings is 2. The molecule has 0 aliphatic heterocycles. The van der Waals surface area contributed by atoms with Crippen LogP contribution in [-0.2, 0) is 4.74 Å². The number of halogens is 2. The summed E-state index contributed by atoms with van der Waals surface area (Å²) < 4.78 is 18.5. The Hall–Kier alpha value is -2.20. The zero-order chi connectivity index (χ0) is 17.1. The average Bonchev–Trinajstić information content (AvgIpc) is 2.46. The zero-order valence-electron chi connectivity index (χ0n) is 13.1. The first-order valence-corrected chi connectivity index (χ1v) is 7.40. The molecule has 2 rings (SSSR count). The first-order chi connectivity index (χ1) is 10.8. The van der Waals surface area contributed by atoms with Crippen LogP contribution in [0.2, 0.25) is 5.02 Å². The number of ketones is 1. The average molecular weight is 335 g/mol. The molecule has 23 heavy (non-hydrogen) atoms. The van der Waals surface area contributed by atoms with Crippen LogP contribution >= 0.6 is 11.6 Å². The summed E-state index contributed by atoms with van der Waals surface area (Å²) in [6.45, 7) is 5.14. The second-order valence-corrected chi connectivity index (χ2v) is 5.83. The van der Waals surface area contributed by atoms with Gasteiger partial charge < -0.3 is 4.74 Å². The molecule has 0 spiro atoms. The van der Waals surface area contributed by atoms with E-state index in [0.29, 0.717) is 5.56 Å². The molecule has 0 N–H and O–H groups in total. The van der Waals surface area contributed by atoms with Crippen LogP contribution in [0.15, 0.2) is 30.3 Å². The first kappa shape index (κ1) is 17.2. The number of hydrogen-bond acceptors (Lipinski definition) is 3. The van der Waals surface area contributed by atoms with E-state index in [4.69, 9.17) is 16.3 Å². The van der Waals surface area contributed by atoms with Crippen molar-refractivity contribution in [2.45, 2.75) is 20.8 Å². The molecule has 2 aromatic carbocycles. The minimum atomic E-state index is -0.916. The lowest BCUT2D eigenvalue weighted by Crippen LogP contribution is -2.17. The zero-order valence-corrected chi connectivity index (χ0v) is 13.8. The summed E-state index contributed by atoms with van der Waals surface area (Å²) in [5.41, 5.74) is 2.92. The van der Waals surface area contributed by atoms with Gasteiger partial charge >= 0.3 is 5.97 Å². The van der Waals surface area contributed by atoms with Gasteiger partial charge in [-0.3, -0.25) is 4.79 Å². The molecule has 3 nitrogen and oxygen atoms in total. The van der Waals surface area contributed by atoms with E-state index >= 15 is 0 Å². The van der Waals surface area contributed by atoms with Crippen molar-refractivity contribution in [1.82, 2.24) is 0 Å². The Labute approximate surface area is 139 Å². The van der Waals surface area contributed by atoms with E-state index in [1.165, 1.54) is 12.1 Å². The third kappa shape index (κ3) is 3.96. The molecule has 0 aromatic heterocycles. The third-order valence-electron chi connectivity index (χ3n) is 3.44. The molecule has 0 aliphatic rings. The Morgan fingerprint density at radius 2 is 1.70 bits per heavy atom. The standard InChI is InChI=1S/C18H16ClFO3/c1-10-6-11(2)17(12(3)7-10)16(21)9-23-18(22)14-8-13(19)4-5-15(14)20/h4-8H,9H2,1-3H3. The van der Waals surface area contributed by atoms with E-state index < -0.39 is 18.4 Å². The normalized spacial score (nSPS) is 10.5. The lowest BCUT2D eigenvalue weighted by Gasteiger charge is -2.11. The lowest BCUT2D eigenvalue weighted by atomic mass is 9.97. The highest BCUT2D eigenvalue weighted by Gasteiger charge is 2.18. The number of carbonyl (C=O) groups is 2. The number of aryl methyl sites for hydroxylation is 3. The summed E-state index contributed by atoms with van der Waals surface area (Å²) in [6, 6.07) is 7.36. The van der Waals surface area contributed by atoms with Crippen LogP contribution in [0, 0.1) is 26.6 Å². The van der Waals surface area contributed by atoms with Gasteiger partial charge in [0.2, 0.25) is 5.78 Å². The van der Waals surface area contributed by atoms with Crippen molar-refractivity contribution in [3.63, 3.8) is 0 Å². The van der Waals surface area contributed by atoms with Gasteiger partial charge in [-0.1, -0.05) is 29.3 Å². The van der Waals surface area contributed by atoms with E-state index in [9.17, 15) is 14.0 Å². The maximum atomic E-state index is 13.6. The lowest BCUT2D eigenvalue weighted by molar-refractivity contribution is 0.0469. The second-order valence-electron chi connectivity index (χ2n) is 5.40. The van der Waals surface area contributed by atoms with Crippen LogP contribution in [0.4, 0.5) is 4.39 Å². The Kier molecular flexibility index (Phi) is 5.16. The molecule has 0 fully saturated rings. The van der Waals surface area contributed by atoms with Gasteiger partial charge in [-0.25, -0.2) is 9.18 Å². The van der Waals surface area contributed by atoms with Crippen molar-refractivity contribution >= 4 is 23.4 Å². The van der Waals surface area contributed by atoms with Gasteiger partial charge in [0, 0.05) is 10.6 Å². The first-order valence-electron chi connectivity index (χ1n) is 7.03. The van der Waals surface area contributed by atoms with Crippen molar-refractivity contribution in [3.8, 4) is 0 Å². The van der Waals surface area contributed by atoms with E-state index in [-0.39, 0.29) is 16.4 Å². The molecule has 0 unspecified atom stereocenters. The van der Waals surface area contributed by atoms with Crippen molar-refractivity contribution in [2.24, 2.45) is 0 Å². The monoisotopic (exact) mass is 334 g/mol. The third-order valence-corrected chi connectivity index (χ3v) is 3.67. The van der Waals surface area contributed by atoms with Crippen LogP contribution in [0.3, 0.4) is 0 Å². The van der Waals surface area contributed by atoms with Gasteiger partial charge in [0.15, 0.2) is 6.61 Å². The minimum absolute atomic E-state index is 0.218. The molecule has 120 valence electrons. The Morgan fingerprint density at radius 3 is 2.30 bits per heavy atom. The van der Waals surface area contributed by atoms with Gasteiger partial charge in [-0.15, -0.1) is 0 Å². The highest BCUT2D eigenvalue weighted by molar-refractivity contribution is 6.30.